The van der Waals surface area contributed by atoms with E-state index in [1.54, 1.807) is 6.07 Å². The van der Waals surface area contributed by atoms with Crippen LogP contribution in [-0.2, 0) is 11.2 Å². The lowest BCUT2D eigenvalue weighted by atomic mass is 9.63. The largest absolute Gasteiger partial charge is 0.481 e. The third kappa shape index (κ3) is 5.11. The highest BCUT2D eigenvalue weighted by atomic mass is 19.1. The molecule has 1 aliphatic carbocycles. The van der Waals surface area contributed by atoms with E-state index in [0.29, 0.717) is 22.9 Å². The Morgan fingerprint density at radius 2 is 1.76 bits per heavy atom. The zero-order chi connectivity index (χ0) is 24.8. The van der Waals surface area contributed by atoms with Gasteiger partial charge in [0.15, 0.2) is 0 Å². The maximum absolute atomic E-state index is 15.0. The van der Waals surface area contributed by atoms with Gasteiger partial charge in [-0.3, -0.25) is 4.79 Å². The van der Waals surface area contributed by atoms with Gasteiger partial charge >= 0.3 is 5.97 Å². The Balaban J connectivity index is 1.83. The van der Waals surface area contributed by atoms with Gasteiger partial charge in [-0.05, 0) is 59.8 Å². The fourth-order valence-corrected chi connectivity index (χ4v) is 5.97. The number of aliphatic carboxylic acids is 1. The van der Waals surface area contributed by atoms with Crippen LogP contribution in [0.1, 0.15) is 83.9 Å². The molecular weight excluding hydrogens is 429 g/mol. The Bertz CT molecular complexity index is 1190. The number of nitrogens with zero attached hydrogens (tertiary/aromatic N) is 2. The average molecular weight is 466 g/mol. The fourth-order valence-electron chi connectivity index (χ4n) is 5.97. The number of carbonyl (C=O) groups is 1. The molecular formula is C28H36FN3O2. The van der Waals surface area contributed by atoms with E-state index in [9.17, 15) is 14.3 Å². The Morgan fingerprint density at radius 1 is 1.15 bits per heavy atom. The third-order valence-electron chi connectivity index (χ3n) is 6.93. The van der Waals surface area contributed by atoms with Crippen molar-refractivity contribution in [1.82, 2.24) is 9.55 Å². The molecule has 6 heteroatoms. The number of aromatic nitrogens is 2. The molecule has 0 saturated heterocycles. The van der Waals surface area contributed by atoms with Crippen LogP contribution in [0.15, 0.2) is 36.4 Å². The standard InChI is InChI=1S/C28H36FN3O2/c1-17(2)18-7-9-20(10-8-18)30-26-31-23-11-19(12-25(33)34)22(29)13-24(23)32(26)21-14-27(3,4)16-28(5,6)15-21/h7-11,13,17,21H,12,14-16H2,1-6H3,(H,30,31)(H,33,34). The molecule has 3 aromatic rings. The first-order chi connectivity index (χ1) is 15.8. The molecule has 0 unspecified atom stereocenters. The van der Waals surface area contributed by atoms with Crippen LogP contribution in [0.5, 0.6) is 0 Å². The van der Waals surface area contributed by atoms with Gasteiger partial charge in [-0.25, -0.2) is 9.37 Å². The monoisotopic (exact) mass is 465 g/mol. The molecule has 4 rings (SSSR count). The molecule has 0 bridgehead atoms. The Hall–Kier alpha value is -2.89. The van der Waals surface area contributed by atoms with E-state index in [4.69, 9.17) is 4.98 Å². The molecule has 182 valence electrons. The molecule has 1 heterocycles. The van der Waals surface area contributed by atoms with E-state index in [1.165, 1.54) is 11.6 Å². The molecule has 2 N–H and O–H groups in total. The predicted molar refractivity (Wildman–Crippen MR) is 135 cm³/mol. The van der Waals surface area contributed by atoms with Crippen molar-refractivity contribution in [3.63, 3.8) is 0 Å². The molecule has 34 heavy (non-hydrogen) atoms. The van der Waals surface area contributed by atoms with Gasteiger partial charge in [0.25, 0.3) is 0 Å². The maximum Gasteiger partial charge on any atom is 0.307 e. The molecule has 1 aliphatic rings. The van der Waals surface area contributed by atoms with Crippen molar-refractivity contribution in [2.24, 2.45) is 10.8 Å². The third-order valence-corrected chi connectivity index (χ3v) is 6.93. The van der Waals surface area contributed by atoms with Gasteiger partial charge in [-0.2, -0.15) is 0 Å². The zero-order valence-corrected chi connectivity index (χ0v) is 21.1. The lowest BCUT2D eigenvalue weighted by molar-refractivity contribution is -0.136. The molecule has 0 spiro atoms. The van der Waals surface area contributed by atoms with Crippen molar-refractivity contribution in [2.75, 3.05) is 5.32 Å². The number of fused-ring (bicyclic) bond motifs is 1. The normalized spacial score (nSPS) is 17.9. The predicted octanol–water partition coefficient (Wildman–Crippen LogP) is 7.45. The summed E-state index contributed by atoms with van der Waals surface area (Å²) in [5.41, 5.74) is 3.92. The van der Waals surface area contributed by atoms with Gasteiger partial charge in [0.1, 0.15) is 5.82 Å². The Labute approximate surface area is 201 Å². The van der Waals surface area contributed by atoms with Crippen LogP contribution in [0.25, 0.3) is 11.0 Å². The summed E-state index contributed by atoms with van der Waals surface area (Å²) in [6.45, 7) is 13.5. The van der Waals surface area contributed by atoms with E-state index < -0.39 is 11.8 Å². The van der Waals surface area contributed by atoms with Crippen molar-refractivity contribution in [3.05, 3.63) is 53.3 Å². The minimum absolute atomic E-state index is 0.140. The van der Waals surface area contributed by atoms with Gasteiger partial charge in [0.05, 0.1) is 17.5 Å². The van der Waals surface area contributed by atoms with Gasteiger partial charge in [0, 0.05) is 23.4 Å². The second-order valence-electron chi connectivity index (χ2n) is 11.8. The summed E-state index contributed by atoms with van der Waals surface area (Å²) in [5.74, 6) is -0.450. The molecule has 2 aromatic carbocycles. The summed E-state index contributed by atoms with van der Waals surface area (Å²) in [5, 5.41) is 12.7. The molecule has 5 nitrogen and oxygen atoms in total. The van der Waals surface area contributed by atoms with Crippen LogP contribution in [0.4, 0.5) is 16.0 Å². The maximum atomic E-state index is 15.0. The fraction of sp³-hybridized carbons (Fsp3) is 0.500. The summed E-state index contributed by atoms with van der Waals surface area (Å²) in [6, 6.07) is 11.5. The second kappa shape index (κ2) is 8.71. The summed E-state index contributed by atoms with van der Waals surface area (Å²) in [6.07, 6.45) is 2.68. The number of anilines is 2. The first-order valence-corrected chi connectivity index (χ1v) is 12.1. The van der Waals surface area contributed by atoms with E-state index in [1.807, 2.05) is 12.1 Å². The highest BCUT2D eigenvalue weighted by molar-refractivity contribution is 5.82. The van der Waals surface area contributed by atoms with E-state index in [0.717, 1.165) is 24.9 Å². The van der Waals surface area contributed by atoms with Crippen LogP contribution in [0.3, 0.4) is 0 Å². The number of benzene rings is 2. The van der Waals surface area contributed by atoms with Gasteiger partial charge < -0.3 is 15.0 Å². The van der Waals surface area contributed by atoms with Crippen LogP contribution < -0.4 is 5.32 Å². The number of hydrogen-bond donors (Lipinski definition) is 2. The summed E-state index contributed by atoms with van der Waals surface area (Å²) < 4.78 is 17.1. The smallest absolute Gasteiger partial charge is 0.307 e. The van der Waals surface area contributed by atoms with Crippen molar-refractivity contribution in [3.8, 4) is 0 Å². The number of nitrogens with one attached hydrogen (secondary N) is 1. The van der Waals surface area contributed by atoms with E-state index in [2.05, 4.69) is 63.6 Å². The van der Waals surface area contributed by atoms with Crippen LogP contribution in [0.2, 0.25) is 0 Å². The lowest BCUT2D eigenvalue weighted by Gasteiger charge is -2.45. The summed E-state index contributed by atoms with van der Waals surface area (Å²) >= 11 is 0. The molecule has 0 radical (unpaired) electrons. The first-order valence-electron chi connectivity index (χ1n) is 12.1. The van der Waals surface area contributed by atoms with E-state index in [-0.39, 0.29) is 28.9 Å². The Morgan fingerprint density at radius 3 is 2.32 bits per heavy atom. The highest BCUT2D eigenvalue weighted by Gasteiger charge is 2.40. The van der Waals surface area contributed by atoms with Crippen molar-refractivity contribution in [2.45, 2.75) is 79.2 Å². The minimum atomic E-state index is -1.06. The molecule has 0 amide bonds. The summed E-state index contributed by atoms with van der Waals surface area (Å²) in [4.78, 5) is 16.1. The molecule has 1 fully saturated rings. The lowest BCUT2D eigenvalue weighted by Crippen LogP contribution is -2.35. The number of hydrogen-bond acceptors (Lipinski definition) is 3. The molecule has 1 aromatic heterocycles. The van der Waals surface area contributed by atoms with Crippen molar-refractivity contribution < 1.29 is 14.3 Å². The highest BCUT2D eigenvalue weighted by Crippen LogP contribution is 2.51. The quantitative estimate of drug-likeness (QED) is 0.397. The van der Waals surface area contributed by atoms with E-state index >= 15 is 0 Å². The number of rotatable bonds is 6. The van der Waals surface area contributed by atoms with Crippen LogP contribution >= 0.6 is 0 Å². The molecule has 0 aliphatic heterocycles. The number of halogens is 1. The zero-order valence-electron chi connectivity index (χ0n) is 21.1. The minimum Gasteiger partial charge on any atom is -0.481 e. The number of carboxylic acids is 1. The molecule has 0 atom stereocenters. The van der Waals surface area contributed by atoms with Gasteiger partial charge in [-0.15, -0.1) is 0 Å². The average Bonchev–Trinajstić information content (AvgIpc) is 3.02. The van der Waals surface area contributed by atoms with Crippen molar-refractivity contribution >= 4 is 28.6 Å². The SMILES string of the molecule is CC(C)c1ccc(Nc2nc3cc(CC(=O)O)c(F)cc3n2C2CC(C)(C)CC(C)(C)C2)cc1. The molecule has 1 saturated carbocycles. The first kappa shape index (κ1) is 24.2. The summed E-state index contributed by atoms with van der Waals surface area (Å²) in [7, 11) is 0. The van der Waals surface area contributed by atoms with Gasteiger partial charge in [-0.1, -0.05) is 53.7 Å². The van der Waals surface area contributed by atoms with Crippen LogP contribution in [0, 0.1) is 16.6 Å². The Kier molecular flexibility index (Phi) is 6.21. The van der Waals surface area contributed by atoms with Crippen LogP contribution in [-0.4, -0.2) is 20.6 Å². The topological polar surface area (TPSA) is 67.2 Å². The van der Waals surface area contributed by atoms with Gasteiger partial charge in [0.2, 0.25) is 5.95 Å². The number of carboxylic acid groups (broad SMARTS) is 1. The second-order valence-corrected chi connectivity index (χ2v) is 11.8. The number of imidazole rings is 1. The van der Waals surface area contributed by atoms with Crippen molar-refractivity contribution in [1.29, 1.82) is 0 Å².